The van der Waals surface area contributed by atoms with E-state index in [2.05, 4.69) is 19.7 Å². The van der Waals surface area contributed by atoms with Crippen LogP contribution in [0.15, 0.2) is 47.5 Å². The predicted octanol–water partition coefficient (Wildman–Crippen LogP) is 2.23. The van der Waals surface area contributed by atoms with Gasteiger partial charge in [-0.3, -0.25) is 9.09 Å². The summed E-state index contributed by atoms with van der Waals surface area (Å²) in [6.07, 6.45) is -2.55. The molecule has 0 bridgehead atoms. The number of methoxy groups -OCH3 is 1. The number of aliphatic hydroxyl groups is 2. The first-order valence-electron chi connectivity index (χ1n) is 13.7. The molecule has 0 spiro atoms. The van der Waals surface area contributed by atoms with Crippen molar-refractivity contribution in [1.82, 2.24) is 19.5 Å². The van der Waals surface area contributed by atoms with Crippen molar-refractivity contribution < 1.29 is 43.4 Å². The highest BCUT2D eigenvalue weighted by molar-refractivity contribution is 7.34. The summed E-state index contributed by atoms with van der Waals surface area (Å²) < 4.78 is 33.6. The van der Waals surface area contributed by atoms with E-state index < -0.39 is 44.2 Å². The number of nitrogens with zero attached hydrogens (tertiary/aromatic N) is 5. The van der Waals surface area contributed by atoms with Gasteiger partial charge in [-0.15, -0.1) is 0 Å². The van der Waals surface area contributed by atoms with Crippen molar-refractivity contribution in [2.45, 2.75) is 63.9 Å². The molecule has 1 aliphatic rings. The smallest absolute Gasteiger partial charge is 0.395 e. The van der Waals surface area contributed by atoms with Gasteiger partial charge in [-0.25, -0.2) is 9.78 Å². The largest absolute Gasteiger partial charge is 0.575 e. The van der Waals surface area contributed by atoms with Gasteiger partial charge in [-0.1, -0.05) is 35.1 Å². The molecule has 0 saturated carbocycles. The van der Waals surface area contributed by atoms with Crippen molar-refractivity contribution in [2.75, 3.05) is 19.5 Å². The van der Waals surface area contributed by atoms with Crippen LogP contribution in [0.3, 0.4) is 0 Å². The van der Waals surface area contributed by atoms with Gasteiger partial charge in [-0.05, 0) is 39.1 Å². The Bertz CT molecular complexity index is 1710. The van der Waals surface area contributed by atoms with Crippen molar-refractivity contribution >= 4 is 42.0 Å². The minimum Gasteiger partial charge on any atom is -0.575 e. The molecular formula is C28H33N6O9P. The molecule has 3 heterocycles. The number of hydrogen-bond acceptors (Lipinski definition) is 14. The van der Waals surface area contributed by atoms with E-state index in [1.54, 1.807) is 38.1 Å². The molecule has 0 aliphatic carbocycles. The molecule has 2 aromatic carbocycles. The van der Waals surface area contributed by atoms with Crippen LogP contribution in [0.4, 0.5) is 5.95 Å². The average Bonchev–Trinajstić information content (AvgIpc) is 3.48. The fraction of sp³-hybridized carbons (Fsp3) is 0.429. The lowest BCUT2D eigenvalue weighted by atomic mass is 9.96. The first-order valence-corrected chi connectivity index (χ1v) is 14.8. The van der Waals surface area contributed by atoms with Gasteiger partial charge in [0.1, 0.15) is 24.4 Å². The van der Waals surface area contributed by atoms with Crippen LogP contribution in [0, 0.1) is 0 Å². The lowest BCUT2D eigenvalue weighted by Crippen LogP contribution is -2.44. The number of rotatable bonds is 10. The maximum absolute atomic E-state index is 12.9. The van der Waals surface area contributed by atoms with Crippen molar-refractivity contribution in [1.29, 1.82) is 0 Å². The number of carbonyl (C=O) groups excluding carboxylic acids is 1. The number of nitrogen functional groups attached to an aromatic ring is 1. The molecule has 0 amide bonds. The van der Waals surface area contributed by atoms with Crippen LogP contribution in [0.2, 0.25) is 0 Å². The molecule has 234 valence electrons. The number of imidazole rings is 1. The van der Waals surface area contributed by atoms with Crippen LogP contribution in [-0.4, -0.2) is 79.4 Å². The van der Waals surface area contributed by atoms with Crippen molar-refractivity contribution in [3.63, 3.8) is 0 Å². The number of hydrogen-bond donors (Lipinski definition) is 3. The maximum atomic E-state index is 12.9. The summed E-state index contributed by atoms with van der Waals surface area (Å²) in [6.45, 7) is 6.04. The molecule has 0 radical (unpaired) electrons. The van der Waals surface area contributed by atoms with Gasteiger partial charge >= 0.3 is 14.1 Å². The van der Waals surface area contributed by atoms with Crippen LogP contribution in [0.1, 0.15) is 33.9 Å². The monoisotopic (exact) mass is 628 g/mol. The lowest BCUT2D eigenvalue weighted by Gasteiger charge is -2.27. The van der Waals surface area contributed by atoms with Crippen LogP contribution in [-0.2, 0) is 14.3 Å². The predicted molar refractivity (Wildman–Crippen MR) is 157 cm³/mol. The zero-order chi connectivity index (χ0) is 31.8. The second-order valence-corrected chi connectivity index (χ2v) is 11.5. The zero-order valence-corrected chi connectivity index (χ0v) is 25.5. The van der Waals surface area contributed by atoms with Crippen LogP contribution < -0.4 is 24.6 Å². The van der Waals surface area contributed by atoms with Gasteiger partial charge in [-0.2, -0.15) is 9.97 Å². The summed E-state index contributed by atoms with van der Waals surface area (Å²) in [7, 11) is -1.30. The van der Waals surface area contributed by atoms with Crippen molar-refractivity contribution in [2.24, 2.45) is 4.74 Å². The van der Waals surface area contributed by atoms with E-state index >= 15 is 0 Å². The highest BCUT2D eigenvalue weighted by Crippen LogP contribution is 2.43. The number of esters is 1. The molecule has 5 rings (SSSR count). The second kappa shape index (κ2) is 12.5. The van der Waals surface area contributed by atoms with E-state index in [4.69, 9.17) is 29.2 Å². The standard InChI is InChI=1S/C28H33N6O9P/c1-14(2)41-25(36)15(3)33-44(38)43-21-17-9-7-6-8-16(17)10-11-18(21)40-12-19-22(35)28(4,37)26(42-19)34-13-30-20-23(34)31-27(29)32-24(20)39-5/h6-11,13-15,19,22,26,35,37H,12H2,1-5H3,(H2,29,31,32)/t15-,19+,22+,26?,28+/m0/s1. The van der Waals surface area contributed by atoms with Gasteiger partial charge in [0, 0.05) is 5.39 Å². The number of nitrogens with two attached hydrogens (primary N) is 1. The molecular weight excluding hydrogens is 595 g/mol. The van der Waals surface area contributed by atoms with E-state index in [1.807, 2.05) is 12.1 Å². The number of anilines is 1. The highest BCUT2D eigenvalue weighted by atomic mass is 31.1. The first kappa shape index (κ1) is 31.3. The fourth-order valence-corrected chi connectivity index (χ4v) is 5.59. The Morgan fingerprint density at radius 3 is 2.73 bits per heavy atom. The molecule has 1 saturated heterocycles. The maximum Gasteiger partial charge on any atom is 0.395 e. The van der Waals surface area contributed by atoms with Gasteiger partial charge in [0.15, 0.2) is 29.2 Å². The molecule has 6 atom stereocenters. The number of benzene rings is 2. The number of ether oxygens (including phenoxy) is 4. The number of aliphatic hydroxyl groups excluding tert-OH is 1. The summed E-state index contributed by atoms with van der Waals surface area (Å²) in [5, 5.41) is 23.8. The Balaban J connectivity index is 1.40. The third kappa shape index (κ3) is 6.10. The van der Waals surface area contributed by atoms with Gasteiger partial charge in [0.25, 0.3) is 0 Å². The minimum atomic E-state index is -2.71. The molecule has 4 N–H and O–H groups in total. The topological polar surface area (TPSA) is 209 Å². The number of aromatic nitrogens is 4. The first-order chi connectivity index (χ1) is 20.9. The third-order valence-corrected chi connectivity index (χ3v) is 7.86. The molecule has 1 fully saturated rings. The van der Waals surface area contributed by atoms with E-state index in [9.17, 15) is 19.9 Å². The molecule has 4 aromatic rings. The molecule has 2 aromatic heterocycles. The van der Waals surface area contributed by atoms with Gasteiger partial charge in [0.05, 0.1) is 19.5 Å². The molecule has 16 heteroatoms. The van der Waals surface area contributed by atoms with Crippen molar-refractivity contribution in [3.05, 3.63) is 42.7 Å². The third-order valence-electron chi connectivity index (χ3n) is 6.98. The SMILES string of the molecule is COc1nc(N)nc2c1ncn2C1O[C@H](COc2ccc3ccccc3c2O/[P+]([O-])=N/[C@@H](C)C(=O)OC(C)C)[C@@H](O)[C@@]1(C)O. The Morgan fingerprint density at radius 1 is 1.25 bits per heavy atom. The molecule has 15 nitrogen and oxygen atoms in total. The van der Waals surface area contributed by atoms with E-state index in [-0.39, 0.29) is 41.7 Å². The number of fused-ring (bicyclic) bond motifs is 2. The van der Waals surface area contributed by atoms with E-state index in [0.717, 1.165) is 5.39 Å². The Labute approximate surface area is 253 Å². The Hall–Kier alpha value is -4.14. The van der Waals surface area contributed by atoms with Crippen molar-refractivity contribution in [3.8, 4) is 17.4 Å². The zero-order valence-electron chi connectivity index (χ0n) is 24.6. The summed E-state index contributed by atoms with van der Waals surface area (Å²) in [5.41, 5.74) is 4.55. The molecule has 2 unspecified atom stereocenters. The quantitative estimate of drug-likeness (QED) is 0.170. The molecule has 1 aliphatic heterocycles. The van der Waals surface area contributed by atoms with Crippen LogP contribution >= 0.6 is 8.17 Å². The van der Waals surface area contributed by atoms with E-state index in [1.165, 1.54) is 31.9 Å². The minimum absolute atomic E-state index is 0.0747. The van der Waals surface area contributed by atoms with Crippen LogP contribution in [0.5, 0.6) is 17.4 Å². The fourth-order valence-electron chi connectivity index (χ4n) is 4.82. The lowest BCUT2D eigenvalue weighted by molar-refractivity contribution is -0.170. The summed E-state index contributed by atoms with van der Waals surface area (Å²) in [4.78, 5) is 37.6. The summed E-state index contributed by atoms with van der Waals surface area (Å²) >= 11 is 0. The summed E-state index contributed by atoms with van der Waals surface area (Å²) in [6, 6.07) is 9.57. The second-order valence-electron chi connectivity index (χ2n) is 10.6. The summed E-state index contributed by atoms with van der Waals surface area (Å²) in [5.74, 6) is -0.266. The Kier molecular flexibility index (Phi) is 8.86. The van der Waals surface area contributed by atoms with Gasteiger partial charge < -0.3 is 39.8 Å². The molecule has 44 heavy (non-hydrogen) atoms. The number of carbonyl (C=O) groups is 1. The normalized spacial score (nSPS) is 22.8. The van der Waals surface area contributed by atoms with E-state index in [0.29, 0.717) is 10.9 Å². The highest BCUT2D eigenvalue weighted by Gasteiger charge is 2.54. The van der Waals surface area contributed by atoms with Gasteiger partial charge in [0.2, 0.25) is 17.6 Å². The Morgan fingerprint density at radius 2 is 2.00 bits per heavy atom. The average molecular weight is 629 g/mol. The van der Waals surface area contributed by atoms with Crippen LogP contribution in [0.25, 0.3) is 21.9 Å².